The number of methoxy groups -OCH3 is 1. The minimum Gasteiger partial charge on any atom is -0.462 e. The first-order chi connectivity index (χ1) is 41.5. The SMILES string of the molecule is C=CC(=O)OCC(COCC(COC(=O)C=C)(COC(=O)C=C)COC(O)NCCCCCCNC(OC)OCC(COCC(COC(=O)C=C)(COC(=O)C=C)COC(O)C=C)(COC(=O)C=C)CO[C@@H](O)C=C)(COC(=O)C=C)COC(=O)C=C. The predicted molar refractivity (Wildman–Crippen MR) is 308 cm³/mol. The average molecular weight is 1240 g/mol. The van der Waals surface area contributed by atoms with E-state index in [2.05, 4.69) is 76.4 Å². The molecule has 0 spiro atoms. The lowest BCUT2D eigenvalue weighted by molar-refractivity contribution is -0.205. The zero-order valence-electron chi connectivity index (χ0n) is 49.4. The molecule has 4 unspecified atom stereocenters. The van der Waals surface area contributed by atoms with E-state index in [1.165, 1.54) is 7.11 Å². The second-order valence-electron chi connectivity index (χ2n) is 19.2. The molecule has 87 heavy (non-hydrogen) atoms. The van der Waals surface area contributed by atoms with Crippen LogP contribution in [0.3, 0.4) is 0 Å². The van der Waals surface area contributed by atoms with Crippen molar-refractivity contribution in [2.45, 2.75) is 51.1 Å². The Bertz CT molecular complexity index is 2140. The molecule has 5 atom stereocenters. The van der Waals surface area contributed by atoms with Crippen LogP contribution in [-0.4, -0.2) is 214 Å². The van der Waals surface area contributed by atoms with Crippen molar-refractivity contribution in [2.75, 3.05) is 126 Å². The number of ether oxygens (including phenoxy) is 15. The van der Waals surface area contributed by atoms with Crippen LogP contribution in [0.2, 0.25) is 0 Å². The first-order valence-electron chi connectivity index (χ1n) is 26.7. The average Bonchev–Trinajstić information content (AvgIpc) is 2.58. The fraction of sp³-hybridized carbons (Fsp3) is 0.525. The van der Waals surface area contributed by atoms with Gasteiger partial charge in [0.1, 0.15) is 52.9 Å². The maximum Gasteiger partial charge on any atom is 0.330 e. The molecule has 0 saturated heterocycles. The maximum absolute atomic E-state index is 12.4. The number of carbonyl (C=O) groups excluding carboxylic acids is 8. The van der Waals surface area contributed by atoms with E-state index in [4.69, 9.17) is 71.1 Å². The Morgan fingerprint density at radius 3 is 0.851 bits per heavy atom. The smallest absolute Gasteiger partial charge is 0.330 e. The van der Waals surface area contributed by atoms with E-state index in [1.807, 2.05) is 0 Å². The molecule has 488 valence electrons. The summed E-state index contributed by atoms with van der Waals surface area (Å²) >= 11 is 0. The third-order valence-corrected chi connectivity index (χ3v) is 11.7. The van der Waals surface area contributed by atoms with Gasteiger partial charge in [-0.15, -0.1) is 0 Å². The van der Waals surface area contributed by atoms with E-state index in [1.54, 1.807) is 0 Å². The summed E-state index contributed by atoms with van der Waals surface area (Å²) in [4.78, 5) is 98.0. The van der Waals surface area contributed by atoms with Crippen molar-refractivity contribution >= 4 is 47.8 Å². The van der Waals surface area contributed by atoms with Gasteiger partial charge in [0.05, 0.1) is 74.5 Å². The molecule has 0 heterocycles. The van der Waals surface area contributed by atoms with Crippen LogP contribution in [0, 0.1) is 21.7 Å². The molecular formula is C59H86N2O26. The Labute approximate surface area is 506 Å². The van der Waals surface area contributed by atoms with Crippen LogP contribution < -0.4 is 10.6 Å². The zero-order chi connectivity index (χ0) is 65.6. The molecule has 28 heteroatoms. The van der Waals surface area contributed by atoms with Crippen molar-refractivity contribution in [1.82, 2.24) is 10.6 Å². The van der Waals surface area contributed by atoms with Crippen molar-refractivity contribution in [3.8, 4) is 0 Å². The van der Waals surface area contributed by atoms with Crippen molar-refractivity contribution in [3.05, 3.63) is 127 Å². The highest BCUT2D eigenvalue weighted by Gasteiger charge is 2.42. The molecule has 0 aliphatic heterocycles. The second kappa shape index (κ2) is 45.9. The van der Waals surface area contributed by atoms with Gasteiger partial charge in [-0.3, -0.25) is 10.6 Å². The maximum atomic E-state index is 12.4. The van der Waals surface area contributed by atoms with Gasteiger partial charge in [-0.25, -0.2) is 38.4 Å². The minimum absolute atomic E-state index is 0.228. The fourth-order valence-electron chi connectivity index (χ4n) is 6.72. The summed E-state index contributed by atoms with van der Waals surface area (Å²) in [5, 5.41) is 37.3. The highest BCUT2D eigenvalue weighted by Crippen LogP contribution is 2.29. The quantitative estimate of drug-likeness (QED) is 0.0145. The van der Waals surface area contributed by atoms with E-state index in [0.717, 1.165) is 60.8 Å². The molecule has 0 aliphatic rings. The summed E-state index contributed by atoms with van der Waals surface area (Å²) in [6.45, 7) is 27.2. The number of unbranched alkanes of at least 4 members (excludes halogenated alkanes) is 3. The lowest BCUT2D eigenvalue weighted by Gasteiger charge is -2.37. The summed E-state index contributed by atoms with van der Waals surface area (Å²) in [6.07, 6.45) is 6.00. The molecule has 0 saturated carbocycles. The standard InChI is InChI=1S/C59H86N2O26/c1-12-44(62)76-32-56(33-77-45(63)13-2,34-78-46(64)14-3)28-74-30-58(38-82-50(68)18-7,39-83-51(69)19-8)42-86-54(72)60-26-24-22-23-25-27-61-55(73-11)87-43-59(40-84-52(70)20-9,41-85-53(71)21-10)31-75-29-57(35-79-47(65)15-4,36-80-48(66)16-5)37-81-49(67)17-6/h12-21,47,52,54-55,60-61,65,70,72H,1-10,22-43H2,11H3/t47?,52-,54?,55?,59?/m1/s1. The second-order valence-corrected chi connectivity index (χ2v) is 19.2. The number of carbonyl (C=O) groups is 8. The van der Waals surface area contributed by atoms with Crippen LogP contribution in [0.5, 0.6) is 0 Å². The fourth-order valence-corrected chi connectivity index (χ4v) is 6.72. The van der Waals surface area contributed by atoms with E-state index in [0.29, 0.717) is 32.2 Å². The predicted octanol–water partition coefficient (Wildman–Crippen LogP) is 1.82. The van der Waals surface area contributed by atoms with Crippen LogP contribution in [0.4, 0.5) is 0 Å². The van der Waals surface area contributed by atoms with Gasteiger partial charge >= 0.3 is 47.8 Å². The Kier molecular flexibility index (Phi) is 42.1. The van der Waals surface area contributed by atoms with E-state index >= 15 is 0 Å². The Balaban J connectivity index is 6.21. The van der Waals surface area contributed by atoms with Gasteiger partial charge in [-0.1, -0.05) is 78.6 Å². The summed E-state index contributed by atoms with van der Waals surface area (Å²) < 4.78 is 83.3. The first kappa shape index (κ1) is 79.7. The lowest BCUT2D eigenvalue weighted by Crippen LogP contribution is -2.48. The first-order valence-corrected chi connectivity index (χ1v) is 26.7. The number of esters is 8. The highest BCUT2D eigenvalue weighted by molar-refractivity contribution is 5.84. The van der Waals surface area contributed by atoms with Gasteiger partial charge in [0, 0.05) is 55.7 Å². The third-order valence-electron chi connectivity index (χ3n) is 11.7. The molecule has 0 amide bonds. The highest BCUT2D eigenvalue weighted by atomic mass is 16.7. The van der Waals surface area contributed by atoms with Gasteiger partial charge in [0.25, 0.3) is 0 Å². The number of aliphatic hydroxyl groups is 3. The van der Waals surface area contributed by atoms with E-state index < -0.39 is 181 Å². The molecule has 28 nitrogen and oxygen atoms in total. The van der Waals surface area contributed by atoms with Crippen LogP contribution >= 0.6 is 0 Å². The zero-order valence-corrected chi connectivity index (χ0v) is 49.4. The van der Waals surface area contributed by atoms with Gasteiger partial charge in [0.2, 0.25) is 12.8 Å². The Morgan fingerprint density at radius 1 is 0.345 bits per heavy atom. The number of aliphatic hydroxyl groups excluding tert-OH is 3. The molecule has 0 fully saturated rings. The van der Waals surface area contributed by atoms with Crippen LogP contribution in [-0.2, 0) is 109 Å². The minimum atomic E-state index is -1.63. The number of nitrogens with one attached hydrogen (secondary N) is 2. The largest absolute Gasteiger partial charge is 0.462 e. The van der Waals surface area contributed by atoms with E-state index in [9.17, 15) is 53.7 Å². The molecule has 5 N–H and O–H groups in total. The van der Waals surface area contributed by atoms with Crippen LogP contribution in [0.25, 0.3) is 0 Å². The number of hydrogen-bond donors (Lipinski definition) is 5. The normalized spacial score (nSPS) is 13.4. The Hall–Kier alpha value is -7.32. The van der Waals surface area contributed by atoms with Crippen LogP contribution in [0.1, 0.15) is 25.7 Å². The van der Waals surface area contributed by atoms with Gasteiger partial charge in [-0.2, -0.15) is 0 Å². The summed E-state index contributed by atoms with van der Waals surface area (Å²) in [5.74, 6) is -6.89. The van der Waals surface area contributed by atoms with Crippen LogP contribution in [0.15, 0.2) is 127 Å². The van der Waals surface area contributed by atoms with Gasteiger partial charge in [0.15, 0.2) is 12.6 Å². The van der Waals surface area contributed by atoms with Gasteiger partial charge in [-0.05, 0) is 38.1 Å². The monoisotopic (exact) mass is 1240 g/mol. The summed E-state index contributed by atoms with van der Waals surface area (Å²) in [5.41, 5.74) is -6.09. The molecule has 0 aromatic carbocycles. The molecule has 0 bridgehead atoms. The van der Waals surface area contributed by atoms with Crippen molar-refractivity contribution in [2.24, 2.45) is 21.7 Å². The molecule has 0 rings (SSSR count). The van der Waals surface area contributed by atoms with Crippen molar-refractivity contribution in [3.63, 3.8) is 0 Å². The summed E-state index contributed by atoms with van der Waals surface area (Å²) in [6, 6.07) is 0. The van der Waals surface area contributed by atoms with Crippen molar-refractivity contribution < 1.29 is 125 Å². The Morgan fingerprint density at radius 2 is 0.586 bits per heavy atom. The topological polar surface area (TPSA) is 360 Å². The molecular weight excluding hydrogens is 1150 g/mol. The molecule has 0 aromatic heterocycles. The lowest BCUT2D eigenvalue weighted by atomic mass is 9.90. The van der Waals surface area contributed by atoms with Gasteiger partial charge < -0.3 is 86.4 Å². The van der Waals surface area contributed by atoms with Crippen molar-refractivity contribution in [1.29, 1.82) is 0 Å². The third kappa shape index (κ3) is 35.8. The molecule has 0 aliphatic carbocycles. The summed E-state index contributed by atoms with van der Waals surface area (Å²) in [7, 11) is 1.36. The molecule has 0 aromatic rings. The molecule has 0 radical (unpaired) electrons. The van der Waals surface area contributed by atoms with E-state index in [-0.39, 0.29) is 26.4 Å². The number of hydrogen-bond acceptors (Lipinski definition) is 28. The number of rotatable bonds is 56.